The third-order valence-electron chi connectivity index (χ3n) is 3.13. The lowest BCUT2D eigenvalue weighted by molar-refractivity contribution is -0.118. The molecule has 1 aromatic carbocycles. The Morgan fingerprint density at radius 2 is 1.85 bits per heavy atom. The zero-order valence-electron chi connectivity index (χ0n) is 12.7. The third kappa shape index (κ3) is 5.97. The third-order valence-corrected chi connectivity index (χ3v) is 4.30. The molecule has 0 aliphatic heterocycles. The molecule has 3 nitrogen and oxygen atoms in total. The number of amides is 1. The SMILES string of the molecule is CCCSCC(=O)NCC(N)c1ccc(C(C)C)cc1. The van der Waals surface area contributed by atoms with Crippen LogP contribution in [-0.2, 0) is 4.79 Å². The fourth-order valence-electron chi connectivity index (χ4n) is 1.83. The van der Waals surface area contributed by atoms with Crippen molar-refractivity contribution in [2.45, 2.75) is 39.2 Å². The predicted octanol–water partition coefficient (Wildman–Crippen LogP) is 3.07. The van der Waals surface area contributed by atoms with Crippen LogP contribution in [0.25, 0.3) is 0 Å². The predicted molar refractivity (Wildman–Crippen MR) is 88.1 cm³/mol. The number of benzene rings is 1. The first-order valence-corrected chi connectivity index (χ1v) is 8.40. The maximum absolute atomic E-state index is 11.6. The molecular weight excluding hydrogens is 268 g/mol. The molecule has 0 saturated heterocycles. The molecule has 112 valence electrons. The van der Waals surface area contributed by atoms with Crippen molar-refractivity contribution in [3.05, 3.63) is 35.4 Å². The minimum Gasteiger partial charge on any atom is -0.353 e. The molecule has 4 heteroatoms. The van der Waals surface area contributed by atoms with Crippen molar-refractivity contribution in [1.29, 1.82) is 0 Å². The number of rotatable bonds is 8. The number of hydrogen-bond acceptors (Lipinski definition) is 3. The summed E-state index contributed by atoms with van der Waals surface area (Å²) in [5.41, 5.74) is 8.47. The van der Waals surface area contributed by atoms with E-state index in [2.05, 4.69) is 50.4 Å². The molecule has 0 aliphatic rings. The van der Waals surface area contributed by atoms with Crippen molar-refractivity contribution < 1.29 is 4.79 Å². The minimum atomic E-state index is -0.142. The van der Waals surface area contributed by atoms with Crippen LogP contribution >= 0.6 is 11.8 Å². The highest BCUT2D eigenvalue weighted by Crippen LogP contribution is 2.17. The van der Waals surface area contributed by atoms with Gasteiger partial charge in [-0.15, -0.1) is 0 Å². The van der Waals surface area contributed by atoms with Crippen LogP contribution in [0.2, 0.25) is 0 Å². The molecular formula is C16H26N2OS. The molecule has 0 saturated carbocycles. The Morgan fingerprint density at radius 1 is 1.25 bits per heavy atom. The Kier molecular flexibility index (Phi) is 7.70. The largest absolute Gasteiger partial charge is 0.353 e. The zero-order valence-corrected chi connectivity index (χ0v) is 13.5. The van der Waals surface area contributed by atoms with Gasteiger partial charge in [0.25, 0.3) is 0 Å². The Morgan fingerprint density at radius 3 is 2.40 bits per heavy atom. The van der Waals surface area contributed by atoms with Crippen LogP contribution in [0.5, 0.6) is 0 Å². The highest BCUT2D eigenvalue weighted by Gasteiger charge is 2.09. The van der Waals surface area contributed by atoms with E-state index in [0.29, 0.717) is 18.2 Å². The number of carbonyl (C=O) groups excluding carboxylic acids is 1. The van der Waals surface area contributed by atoms with Gasteiger partial charge in [-0.2, -0.15) is 11.8 Å². The summed E-state index contributed by atoms with van der Waals surface area (Å²) in [4.78, 5) is 11.6. The quantitative estimate of drug-likeness (QED) is 0.725. The van der Waals surface area contributed by atoms with E-state index in [-0.39, 0.29) is 11.9 Å². The number of thioether (sulfide) groups is 1. The van der Waals surface area contributed by atoms with Crippen LogP contribution in [0.4, 0.5) is 0 Å². The minimum absolute atomic E-state index is 0.0673. The Hall–Kier alpha value is -1.00. The van der Waals surface area contributed by atoms with Gasteiger partial charge in [-0.05, 0) is 29.2 Å². The average Bonchev–Trinajstić information content (AvgIpc) is 2.45. The molecule has 1 rings (SSSR count). The Labute approximate surface area is 126 Å². The monoisotopic (exact) mass is 294 g/mol. The topological polar surface area (TPSA) is 55.1 Å². The first-order chi connectivity index (χ1) is 9.54. The summed E-state index contributed by atoms with van der Waals surface area (Å²) in [7, 11) is 0. The molecule has 3 N–H and O–H groups in total. The van der Waals surface area contributed by atoms with Gasteiger partial charge in [0, 0.05) is 12.6 Å². The highest BCUT2D eigenvalue weighted by atomic mass is 32.2. The Bertz CT molecular complexity index is 403. The fraction of sp³-hybridized carbons (Fsp3) is 0.562. The summed E-state index contributed by atoms with van der Waals surface area (Å²) < 4.78 is 0. The van der Waals surface area contributed by atoms with E-state index >= 15 is 0 Å². The van der Waals surface area contributed by atoms with Crippen LogP contribution in [0.1, 0.15) is 50.3 Å². The van der Waals surface area contributed by atoms with Crippen molar-refractivity contribution in [3.63, 3.8) is 0 Å². The van der Waals surface area contributed by atoms with E-state index in [1.165, 1.54) is 5.56 Å². The first kappa shape index (κ1) is 17.1. The maximum atomic E-state index is 11.6. The van der Waals surface area contributed by atoms with Crippen LogP contribution in [0, 0.1) is 0 Å². The van der Waals surface area contributed by atoms with E-state index in [9.17, 15) is 4.79 Å². The van der Waals surface area contributed by atoms with Gasteiger partial charge in [0.05, 0.1) is 5.75 Å². The van der Waals surface area contributed by atoms with Gasteiger partial charge in [0.15, 0.2) is 0 Å². The zero-order chi connectivity index (χ0) is 15.0. The van der Waals surface area contributed by atoms with E-state index in [0.717, 1.165) is 17.7 Å². The molecule has 1 amide bonds. The van der Waals surface area contributed by atoms with Crippen molar-refractivity contribution >= 4 is 17.7 Å². The van der Waals surface area contributed by atoms with Crippen LogP contribution in [0.3, 0.4) is 0 Å². The average molecular weight is 294 g/mol. The van der Waals surface area contributed by atoms with Gasteiger partial charge in [0.2, 0.25) is 5.91 Å². The molecule has 0 spiro atoms. The van der Waals surface area contributed by atoms with Crippen LogP contribution in [0.15, 0.2) is 24.3 Å². The van der Waals surface area contributed by atoms with E-state index < -0.39 is 0 Å². The van der Waals surface area contributed by atoms with Gasteiger partial charge in [-0.25, -0.2) is 0 Å². The van der Waals surface area contributed by atoms with Crippen molar-refractivity contribution in [2.75, 3.05) is 18.1 Å². The standard InChI is InChI=1S/C16H26N2OS/c1-4-9-20-11-16(19)18-10-15(17)14-7-5-13(6-8-14)12(2)3/h5-8,12,15H,4,9-11,17H2,1-3H3,(H,18,19). The van der Waals surface area contributed by atoms with E-state index in [4.69, 9.17) is 5.73 Å². The van der Waals surface area contributed by atoms with Crippen molar-refractivity contribution in [3.8, 4) is 0 Å². The number of nitrogens with one attached hydrogen (secondary N) is 1. The molecule has 0 bridgehead atoms. The molecule has 0 fully saturated rings. The lowest BCUT2D eigenvalue weighted by atomic mass is 9.99. The number of nitrogens with two attached hydrogens (primary N) is 1. The van der Waals surface area contributed by atoms with Gasteiger partial charge in [-0.3, -0.25) is 4.79 Å². The molecule has 1 atom stereocenters. The van der Waals surface area contributed by atoms with Crippen molar-refractivity contribution in [2.24, 2.45) is 5.73 Å². The van der Waals surface area contributed by atoms with E-state index in [1.807, 2.05) is 0 Å². The lowest BCUT2D eigenvalue weighted by Crippen LogP contribution is -2.33. The number of hydrogen-bond donors (Lipinski definition) is 2. The molecule has 0 heterocycles. The summed E-state index contributed by atoms with van der Waals surface area (Å²) in [6.45, 7) is 6.94. The smallest absolute Gasteiger partial charge is 0.230 e. The Balaban J connectivity index is 2.38. The van der Waals surface area contributed by atoms with Crippen LogP contribution in [-0.4, -0.2) is 24.0 Å². The molecule has 1 aromatic rings. The second-order valence-corrected chi connectivity index (χ2v) is 6.39. The van der Waals surface area contributed by atoms with Gasteiger partial charge >= 0.3 is 0 Å². The summed E-state index contributed by atoms with van der Waals surface area (Å²) >= 11 is 1.66. The second kappa shape index (κ2) is 9.03. The molecule has 0 aromatic heterocycles. The van der Waals surface area contributed by atoms with Crippen molar-refractivity contribution in [1.82, 2.24) is 5.32 Å². The summed E-state index contributed by atoms with van der Waals surface area (Å²) in [5.74, 6) is 2.14. The summed E-state index contributed by atoms with van der Waals surface area (Å²) in [6.07, 6.45) is 1.10. The fourth-order valence-corrected chi connectivity index (χ4v) is 2.55. The number of carbonyl (C=O) groups is 1. The summed E-state index contributed by atoms with van der Waals surface area (Å²) in [6, 6.07) is 8.18. The molecule has 0 radical (unpaired) electrons. The van der Waals surface area contributed by atoms with Gasteiger partial charge in [0.1, 0.15) is 0 Å². The lowest BCUT2D eigenvalue weighted by Gasteiger charge is -2.14. The summed E-state index contributed by atoms with van der Waals surface area (Å²) in [5, 5.41) is 2.89. The molecule has 20 heavy (non-hydrogen) atoms. The van der Waals surface area contributed by atoms with Crippen LogP contribution < -0.4 is 11.1 Å². The van der Waals surface area contributed by atoms with Gasteiger partial charge < -0.3 is 11.1 Å². The van der Waals surface area contributed by atoms with Gasteiger partial charge in [-0.1, -0.05) is 45.0 Å². The van der Waals surface area contributed by atoms with E-state index in [1.54, 1.807) is 11.8 Å². The second-order valence-electron chi connectivity index (χ2n) is 5.28. The molecule has 0 aliphatic carbocycles. The maximum Gasteiger partial charge on any atom is 0.230 e. The molecule has 1 unspecified atom stereocenters. The normalized spacial score (nSPS) is 12.4. The first-order valence-electron chi connectivity index (χ1n) is 7.24. The highest BCUT2D eigenvalue weighted by molar-refractivity contribution is 7.99.